The molecule has 1 aromatic carbocycles. The molecule has 0 aliphatic heterocycles. The Labute approximate surface area is 145 Å². The lowest BCUT2D eigenvalue weighted by Crippen LogP contribution is -2.14. The van der Waals surface area contributed by atoms with Crippen LogP contribution in [0.2, 0.25) is 0 Å². The zero-order valence-corrected chi connectivity index (χ0v) is 14.1. The average molecular weight is 333 g/mol. The van der Waals surface area contributed by atoms with Gasteiger partial charge in [-0.15, -0.1) is 5.10 Å². The van der Waals surface area contributed by atoms with E-state index in [1.165, 1.54) is 5.56 Å². The first-order valence-electron chi connectivity index (χ1n) is 8.54. The maximum atomic E-state index is 12.5. The number of carbonyl (C=O) groups is 1. The molecule has 2 aromatic heterocycles. The van der Waals surface area contributed by atoms with Crippen LogP contribution in [0.25, 0.3) is 5.95 Å². The number of fused-ring (bicyclic) bond motifs is 1. The van der Waals surface area contributed by atoms with Crippen LogP contribution in [0.15, 0.2) is 42.7 Å². The predicted molar refractivity (Wildman–Crippen MR) is 95.5 cm³/mol. The quantitative estimate of drug-likeness (QED) is 0.791. The third kappa shape index (κ3) is 2.91. The summed E-state index contributed by atoms with van der Waals surface area (Å²) in [4.78, 5) is 21.1. The van der Waals surface area contributed by atoms with Crippen LogP contribution in [0.3, 0.4) is 0 Å². The number of rotatable bonds is 4. The molecule has 0 bridgehead atoms. The van der Waals surface area contributed by atoms with E-state index in [4.69, 9.17) is 0 Å². The van der Waals surface area contributed by atoms with Gasteiger partial charge in [0.2, 0.25) is 0 Å². The summed E-state index contributed by atoms with van der Waals surface area (Å²) in [5, 5.41) is 7.91. The molecule has 2 heterocycles. The highest BCUT2D eigenvalue weighted by atomic mass is 16.1. The first-order chi connectivity index (χ1) is 12.3. The molecule has 0 atom stereocenters. The van der Waals surface area contributed by atoms with Gasteiger partial charge in [-0.2, -0.15) is 0 Å². The molecule has 1 aliphatic carbocycles. The Balaban J connectivity index is 1.76. The Morgan fingerprint density at radius 1 is 1.12 bits per heavy atom. The van der Waals surface area contributed by atoms with Crippen molar-refractivity contribution in [2.24, 2.45) is 0 Å². The van der Waals surface area contributed by atoms with Crippen LogP contribution in [0, 0.1) is 0 Å². The van der Waals surface area contributed by atoms with E-state index in [0.717, 1.165) is 30.6 Å². The molecule has 0 unspecified atom stereocenters. The van der Waals surface area contributed by atoms with Crippen molar-refractivity contribution in [3.05, 3.63) is 59.5 Å². The van der Waals surface area contributed by atoms with E-state index in [1.807, 2.05) is 12.1 Å². The number of benzene rings is 1. The minimum absolute atomic E-state index is 0.121. The van der Waals surface area contributed by atoms with E-state index in [2.05, 4.69) is 39.4 Å². The van der Waals surface area contributed by atoms with Gasteiger partial charge in [0.05, 0.1) is 11.3 Å². The largest absolute Gasteiger partial charge is 0.338 e. The number of hydrogen-bond acceptors (Lipinski definition) is 5. The fourth-order valence-electron chi connectivity index (χ4n) is 3.13. The van der Waals surface area contributed by atoms with E-state index in [1.54, 1.807) is 23.1 Å². The van der Waals surface area contributed by atoms with Crippen LogP contribution < -0.4 is 5.32 Å². The smallest absolute Gasteiger partial charge is 0.250 e. The Kier molecular flexibility index (Phi) is 4.01. The highest BCUT2D eigenvalue weighted by Gasteiger charge is 2.28. The maximum absolute atomic E-state index is 12.5. The van der Waals surface area contributed by atoms with Gasteiger partial charge >= 0.3 is 0 Å². The van der Waals surface area contributed by atoms with E-state index in [0.29, 0.717) is 23.8 Å². The van der Waals surface area contributed by atoms with Gasteiger partial charge in [0.15, 0.2) is 11.6 Å². The van der Waals surface area contributed by atoms with Gasteiger partial charge in [0, 0.05) is 24.5 Å². The SMILES string of the molecule is CCc1ccc(Nc2nn(-c3ncccn3)c3c2C(=O)CCC3)cc1. The molecular formula is C19H19N5O. The average Bonchev–Trinajstić information content (AvgIpc) is 3.03. The lowest BCUT2D eigenvalue weighted by atomic mass is 9.96. The molecule has 0 amide bonds. The van der Waals surface area contributed by atoms with Crippen molar-refractivity contribution in [1.82, 2.24) is 19.7 Å². The van der Waals surface area contributed by atoms with Crippen molar-refractivity contribution in [2.75, 3.05) is 5.32 Å². The lowest BCUT2D eigenvalue weighted by molar-refractivity contribution is 0.0973. The molecule has 0 fully saturated rings. The zero-order valence-electron chi connectivity index (χ0n) is 14.1. The number of aryl methyl sites for hydroxylation is 1. The van der Waals surface area contributed by atoms with Gasteiger partial charge in [0.1, 0.15) is 0 Å². The highest BCUT2D eigenvalue weighted by molar-refractivity contribution is 6.03. The number of Topliss-reactive ketones (excluding diaryl/α,β-unsaturated/α-hetero) is 1. The van der Waals surface area contributed by atoms with Crippen LogP contribution in [0.1, 0.15) is 41.4 Å². The van der Waals surface area contributed by atoms with Gasteiger partial charge in [-0.05, 0) is 43.0 Å². The van der Waals surface area contributed by atoms with Crippen LogP contribution in [0.4, 0.5) is 11.5 Å². The molecule has 6 heteroatoms. The standard InChI is InChI=1S/C19H19N5O/c1-2-13-7-9-14(10-8-13)22-18-17-15(5-3-6-16(17)25)24(23-18)19-20-11-4-12-21-19/h4,7-12H,2-3,5-6H2,1H3,(H,22,23). The van der Waals surface area contributed by atoms with Gasteiger partial charge < -0.3 is 5.32 Å². The fraction of sp³-hybridized carbons (Fsp3) is 0.263. The molecule has 126 valence electrons. The summed E-state index contributed by atoms with van der Waals surface area (Å²) in [7, 11) is 0. The normalized spacial score (nSPS) is 13.6. The van der Waals surface area contributed by atoms with E-state index in [-0.39, 0.29) is 5.78 Å². The Morgan fingerprint density at radius 3 is 2.60 bits per heavy atom. The monoisotopic (exact) mass is 333 g/mol. The van der Waals surface area contributed by atoms with Crippen LogP contribution >= 0.6 is 0 Å². The molecule has 4 rings (SSSR count). The second-order valence-electron chi connectivity index (χ2n) is 6.08. The van der Waals surface area contributed by atoms with Gasteiger partial charge in [-0.1, -0.05) is 19.1 Å². The van der Waals surface area contributed by atoms with Crippen molar-refractivity contribution in [2.45, 2.75) is 32.6 Å². The minimum atomic E-state index is 0.121. The second-order valence-corrected chi connectivity index (χ2v) is 6.08. The summed E-state index contributed by atoms with van der Waals surface area (Å²) in [5.74, 6) is 1.19. The summed E-state index contributed by atoms with van der Waals surface area (Å²) in [6.45, 7) is 2.12. The Hall–Kier alpha value is -3.02. The molecule has 0 saturated heterocycles. The van der Waals surface area contributed by atoms with E-state index >= 15 is 0 Å². The molecule has 1 aliphatic rings. The summed E-state index contributed by atoms with van der Waals surface area (Å²) in [5.41, 5.74) is 3.73. The number of hydrogen-bond donors (Lipinski definition) is 1. The van der Waals surface area contributed by atoms with Crippen LogP contribution in [0.5, 0.6) is 0 Å². The maximum Gasteiger partial charge on any atom is 0.250 e. The van der Waals surface area contributed by atoms with Crippen molar-refractivity contribution in [3.8, 4) is 5.95 Å². The summed E-state index contributed by atoms with van der Waals surface area (Å²) in [6, 6.07) is 9.94. The van der Waals surface area contributed by atoms with Gasteiger partial charge in [0.25, 0.3) is 5.95 Å². The summed E-state index contributed by atoms with van der Waals surface area (Å²) in [6.07, 6.45) is 6.53. The molecule has 0 saturated carbocycles. The number of ketones is 1. The number of anilines is 2. The summed E-state index contributed by atoms with van der Waals surface area (Å²) < 4.78 is 1.69. The number of aromatic nitrogens is 4. The second kappa shape index (κ2) is 6.47. The molecule has 0 spiro atoms. The van der Waals surface area contributed by atoms with Crippen LogP contribution in [-0.4, -0.2) is 25.5 Å². The number of nitrogens with zero attached hydrogens (tertiary/aromatic N) is 4. The molecule has 25 heavy (non-hydrogen) atoms. The third-order valence-corrected chi connectivity index (χ3v) is 4.44. The van der Waals surface area contributed by atoms with Gasteiger partial charge in [-0.3, -0.25) is 4.79 Å². The van der Waals surface area contributed by atoms with Crippen molar-refractivity contribution >= 4 is 17.3 Å². The lowest BCUT2D eigenvalue weighted by Gasteiger charge is -2.12. The first-order valence-corrected chi connectivity index (χ1v) is 8.54. The predicted octanol–water partition coefficient (Wildman–Crippen LogP) is 3.49. The first kappa shape index (κ1) is 15.5. The molecule has 6 nitrogen and oxygen atoms in total. The third-order valence-electron chi connectivity index (χ3n) is 4.44. The molecular weight excluding hydrogens is 314 g/mol. The Bertz CT molecular complexity index is 900. The topological polar surface area (TPSA) is 72.7 Å². The van der Waals surface area contributed by atoms with Crippen LogP contribution in [-0.2, 0) is 12.8 Å². The number of carbonyl (C=O) groups excluding carboxylic acids is 1. The summed E-state index contributed by atoms with van der Waals surface area (Å²) >= 11 is 0. The zero-order chi connectivity index (χ0) is 17.2. The molecule has 1 N–H and O–H groups in total. The molecule has 3 aromatic rings. The van der Waals surface area contributed by atoms with E-state index in [9.17, 15) is 4.79 Å². The Morgan fingerprint density at radius 2 is 1.88 bits per heavy atom. The number of nitrogens with one attached hydrogen (secondary N) is 1. The van der Waals surface area contributed by atoms with Crippen molar-refractivity contribution in [1.29, 1.82) is 0 Å². The molecule has 0 radical (unpaired) electrons. The van der Waals surface area contributed by atoms with E-state index < -0.39 is 0 Å². The fourth-order valence-corrected chi connectivity index (χ4v) is 3.13. The minimum Gasteiger partial charge on any atom is -0.338 e. The van der Waals surface area contributed by atoms with Gasteiger partial charge in [-0.25, -0.2) is 14.6 Å². The van der Waals surface area contributed by atoms with Crippen molar-refractivity contribution in [3.63, 3.8) is 0 Å². The highest BCUT2D eigenvalue weighted by Crippen LogP contribution is 2.31. The van der Waals surface area contributed by atoms with Crippen molar-refractivity contribution < 1.29 is 4.79 Å².